The Morgan fingerprint density at radius 2 is 1.80 bits per heavy atom. The van der Waals surface area contributed by atoms with Crippen LogP contribution in [0.15, 0.2) is 0 Å². The number of likely N-dealkylation sites (N-methyl/N-ethyl adjacent to an activating group) is 1. The second-order valence-corrected chi connectivity index (χ2v) is 4.55. The normalized spacial score (nSPS) is 35.0. The summed E-state index contributed by atoms with van der Waals surface area (Å²) in [7, 11) is 0. The number of piperidine rings is 1. The van der Waals surface area contributed by atoms with Crippen LogP contribution in [0.3, 0.4) is 0 Å². The number of alkyl halides is 3. The van der Waals surface area contributed by atoms with Crippen molar-refractivity contribution in [1.82, 2.24) is 9.80 Å². The number of halogens is 3. The first-order valence-corrected chi connectivity index (χ1v) is 5.50. The van der Waals surface area contributed by atoms with Gasteiger partial charge in [-0.25, -0.2) is 0 Å². The number of rotatable bonds is 2. The highest BCUT2D eigenvalue weighted by atomic mass is 19.4. The molecule has 0 saturated carbocycles. The fourth-order valence-corrected chi connectivity index (χ4v) is 2.76. The van der Waals surface area contributed by atoms with Gasteiger partial charge in [0.15, 0.2) is 0 Å². The van der Waals surface area contributed by atoms with Gasteiger partial charge in [-0.15, -0.1) is 0 Å². The predicted octanol–water partition coefficient (Wildman–Crippen LogP) is 1.72. The van der Waals surface area contributed by atoms with Crippen LogP contribution in [-0.4, -0.2) is 53.7 Å². The molecular weight excluding hydrogens is 205 g/mol. The van der Waals surface area contributed by atoms with Crippen LogP contribution < -0.4 is 0 Å². The van der Waals surface area contributed by atoms with Gasteiger partial charge in [0.2, 0.25) is 0 Å². The molecule has 0 aromatic carbocycles. The molecule has 3 atom stereocenters. The van der Waals surface area contributed by atoms with Gasteiger partial charge in [-0.2, -0.15) is 13.2 Å². The smallest absolute Gasteiger partial charge is 0.295 e. The third kappa shape index (κ3) is 1.87. The van der Waals surface area contributed by atoms with Crippen molar-refractivity contribution in [3.8, 4) is 0 Å². The first kappa shape index (κ1) is 11.2. The Hall–Kier alpha value is -0.290. The molecule has 3 rings (SSSR count). The van der Waals surface area contributed by atoms with Gasteiger partial charge >= 0.3 is 6.18 Å². The minimum atomic E-state index is -4.08. The van der Waals surface area contributed by atoms with Gasteiger partial charge in [0.25, 0.3) is 0 Å². The van der Waals surface area contributed by atoms with Crippen LogP contribution in [-0.2, 0) is 0 Å². The van der Waals surface area contributed by atoms with Crippen LogP contribution in [0.25, 0.3) is 0 Å². The second kappa shape index (κ2) is 3.63. The lowest BCUT2D eigenvalue weighted by atomic mass is 9.87. The Balaban J connectivity index is 1.94. The van der Waals surface area contributed by atoms with E-state index in [1.165, 1.54) is 6.92 Å². The summed E-state index contributed by atoms with van der Waals surface area (Å²) in [5.74, 6) is 0. The maximum atomic E-state index is 12.5. The number of piperazine rings is 1. The first-order valence-electron chi connectivity index (χ1n) is 5.50. The van der Waals surface area contributed by atoms with Crippen molar-refractivity contribution in [3.05, 3.63) is 0 Å². The highest BCUT2D eigenvalue weighted by Crippen LogP contribution is 2.35. The average Bonchev–Trinajstić information content (AvgIpc) is 2.16. The summed E-state index contributed by atoms with van der Waals surface area (Å²) in [5.41, 5.74) is 0. The molecule has 88 valence electrons. The van der Waals surface area contributed by atoms with Crippen molar-refractivity contribution in [3.63, 3.8) is 0 Å². The van der Waals surface area contributed by atoms with Crippen molar-refractivity contribution in [2.75, 3.05) is 19.6 Å². The molecule has 0 aliphatic carbocycles. The molecule has 0 aromatic rings. The maximum absolute atomic E-state index is 12.5. The van der Waals surface area contributed by atoms with Crippen molar-refractivity contribution in [2.45, 2.75) is 44.6 Å². The minimum Gasteiger partial charge on any atom is -0.295 e. The van der Waals surface area contributed by atoms with Gasteiger partial charge in [0, 0.05) is 25.2 Å². The van der Waals surface area contributed by atoms with E-state index >= 15 is 0 Å². The van der Waals surface area contributed by atoms with E-state index in [9.17, 15) is 13.2 Å². The molecule has 3 saturated heterocycles. The highest BCUT2D eigenvalue weighted by Gasteiger charge is 2.49. The lowest BCUT2D eigenvalue weighted by Gasteiger charge is -2.57. The summed E-state index contributed by atoms with van der Waals surface area (Å²) in [6, 6.07) is -0.570. The lowest BCUT2D eigenvalue weighted by Crippen LogP contribution is -2.70. The Morgan fingerprint density at radius 1 is 1.27 bits per heavy atom. The largest absolute Gasteiger partial charge is 0.403 e. The molecule has 5 heteroatoms. The first-order chi connectivity index (χ1) is 6.93. The SMILES string of the molecule is CCN1C2CC1CN(C(C)C(F)(F)F)C2. The molecular formula is C10H17F3N2. The zero-order valence-electron chi connectivity index (χ0n) is 9.09. The van der Waals surface area contributed by atoms with Crippen molar-refractivity contribution in [2.24, 2.45) is 0 Å². The maximum Gasteiger partial charge on any atom is 0.403 e. The third-order valence-corrected chi connectivity index (χ3v) is 3.76. The van der Waals surface area contributed by atoms with Crippen LogP contribution in [0.2, 0.25) is 0 Å². The fraction of sp³-hybridized carbons (Fsp3) is 1.00. The minimum absolute atomic E-state index is 0.360. The van der Waals surface area contributed by atoms with E-state index in [4.69, 9.17) is 0 Å². The lowest BCUT2D eigenvalue weighted by molar-refractivity contribution is -0.199. The van der Waals surface area contributed by atoms with Gasteiger partial charge in [-0.05, 0) is 19.9 Å². The van der Waals surface area contributed by atoms with Crippen molar-refractivity contribution < 1.29 is 13.2 Å². The summed E-state index contributed by atoms with van der Waals surface area (Å²) in [6.07, 6.45) is -3.00. The van der Waals surface area contributed by atoms with E-state index in [0.717, 1.165) is 13.0 Å². The summed E-state index contributed by atoms with van der Waals surface area (Å²) in [6.45, 7) is 5.45. The Morgan fingerprint density at radius 3 is 2.20 bits per heavy atom. The van der Waals surface area contributed by atoms with Gasteiger partial charge in [0.05, 0.1) is 0 Å². The van der Waals surface area contributed by atoms with Crippen LogP contribution in [0.4, 0.5) is 13.2 Å². The molecule has 0 aromatic heterocycles. The molecule has 3 unspecified atom stereocenters. The van der Waals surface area contributed by atoms with Crippen molar-refractivity contribution >= 4 is 0 Å². The van der Waals surface area contributed by atoms with E-state index in [1.54, 1.807) is 4.90 Å². The monoisotopic (exact) mass is 222 g/mol. The number of hydrogen-bond acceptors (Lipinski definition) is 2. The number of hydrogen-bond donors (Lipinski definition) is 0. The molecule has 2 nitrogen and oxygen atoms in total. The third-order valence-electron chi connectivity index (χ3n) is 3.76. The van der Waals surface area contributed by atoms with Gasteiger partial charge in [-0.1, -0.05) is 6.92 Å². The quantitative estimate of drug-likeness (QED) is 0.702. The highest BCUT2D eigenvalue weighted by molar-refractivity contribution is 5.01. The molecule has 0 spiro atoms. The van der Waals surface area contributed by atoms with Crippen molar-refractivity contribution in [1.29, 1.82) is 0 Å². The van der Waals surface area contributed by atoms with Crippen LogP contribution in [0, 0.1) is 0 Å². The summed E-state index contributed by atoms with van der Waals surface area (Å²) < 4.78 is 37.5. The summed E-state index contributed by atoms with van der Waals surface area (Å²) in [5, 5.41) is 0. The molecule has 3 fully saturated rings. The van der Waals surface area contributed by atoms with Gasteiger partial charge in [0.1, 0.15) is 6.04 Å². The van der Waals surface area contributed by atoms with E-state index in [1.807, 2.05) is 0 Å². The van der Waals surface area contributed by atoms with E-state index < -0.39 is 12.2 Å². The molecule has 0 radical (unpaired) electrons. The molecule has 0 amide bonds. The summed E-state index contributed by atoms with van der Waals surface area (Å²) >= 11 is 0. The van der Waals surface area contributed by atoms with Crippen LogP contribution >= 0.6 is 0 Å². The second-order valence-electron chi connectivity index (χ2n) is 4.55. The van der Waals surface area contributed by atoms with Gasteiger partial charge < -0.3 is 0 Å². The van der Waals surface area contributed by atoms with E-state index in [2.05, 4.69) is 11.8 Å². The van der Waals surface area contributed by atoms with Crippen LogP contribution in [0.5, 0.6) is 0 Å². The number of fused-ring (bicyclic) bond motifs is 2. The molecule has 0 N–H and O–H groups in total. The standard InChI is InChI=1S/C10H17F3N2/c1-3-15-8-4-9(15)6-14(5-8)7(2)10(11,12)13/h7-9H,3-6H2,1-2H3. The molecule has 2 bridgehead atoms. The van der Waals surface area contributed by atoms with Gasteiger partial charge in [-0.3, -0.25) is 9.80 Å². The Labute approximate surface area is 88.0 Å². The molecule has 3 aliphatic heterocycles. The topological polar surface area (TPSA) is 6.48 Å². The molecule has 3 aliphatic rings. The Bertz CT molecular complexity index is 229. The zero-order chi connectivity index (χ0) is 11.2. The Kier molecular flexibility index (Phi) is 2.71. The summed E-state index contributed by atoms with van der Waals surface area (Å²) in [4.78, 5) is 3.88. The molecule has 15 heavy (non-hydrogen) atoms. The molecule has 3 heterocycles. The average molecular weight is 222 g/mol. The van der Waals surface area contributed by atoms with E-state index in [0.29, 0.717) is 25.2 Å². The zero-order valence-corrected chi connectivity index (χ0v) is 9.09. The number of nitrogens with zero attached hydrogens (tertiary/aromatic N) is 2. The predicted molar refractivity (Wildman–Crippen MR) is 51.7 cm³/mol. The fourth-order valence-electron chi connectivity index (χ4n) is 2.76. The van der Waals surface area contributed by atoms with E-state index in [-0.39, 0.29) is 0 Å². The van der Waals surface area contributed by atoms with Crippen LogP contribution in [0.1, 0.15) is 20.3 Å².